The van der Waals surface area contributed by atoms with Gasteiger partial charge in [-0.25, -0.2) is 4.79 Å². The van der Waals surface area contributed by atoms with E-state index in [2.05, 4.69) is 0 Å². The lowest BCUT2D eigenvalue weighted by Crippen LogP contribution is -2.14. The molecule has 0 aliphatic rings. The fourth-order valence-corrected chi connectivity index (χ4v) is 7.98. The number of halogens is 3. The Morgan fingerprint density at radius 2 is 1.71 bits per heavy atom. The summed E-state index contributed by atoms with van der Waals surface area (Å²) in [5.41, 5.74) is 0.00932. The van der Waals surface area contributed by atoms with Crippen molar-refractivity contribution in [2.45, 2.75) is 4.90 Å². The van der Waals surface area contributed by atoms with Crippen LogP contribution < -0.4 is 4.74 Å². The monoisotopic (exact) mass is 745 g/mol. The molecule has 2 aromatic carbocycles. The van der Waals surface area contributed by atoms with Gasteiger partial charge in [0.2, 0.25) is 0 Å². The van der Waals surface area contributed by atoms with E-state index < -0.39 is 21.0 Å². The lowest BCUT2D eigenvalue weighted by atomic mass is 10.2. The highest BCUT2D eigenvalue weighted by molar-refractivity contribution is 14.1. The van der Waals surface area contributed by atoms with Crippen molar-refractivity contribution in [3.63, 3.8) is 0 Å². The third-order valence-electron chi connectivity index (χ3n) is 3.22. The van der Waals surface area contributed by atoms with E-state index in [1.165, 1.54) is 24.3 Å². The second-order valence-corrected chi connectivity index (χ2v) is 9.84. The molecule has 0 aromatic heterocycles. The van der Waals surface area contributed by atoms with Crippen molar-refractivity contribution in [1.82, 2.24) is 0 Å². The molecule has 0 amide bonds. The van der Waals surface area contributed by atoms with Gasteiger partial charge in [-0.2, -0.15) is 8.42 Å². The van der Waals surface area contributed by atoms with Crippen LogP contribution in [0, 0.1) is 20.8 Å². The van der Waals surface area contributed by atoms with Crippen LogP contribution in [0.4, 0.5) is 5.69 Å². The number of esters is 1. The molecule has 0 heterocycles. The maximum absolute atomic E-state index is 11.9. The van der Waals surface area contributed by atoms with Gasteiger partial charge in [0.15, 0.2) is 0 Å². The van der Waals surface area contributed by atoms with Crippen LogP contribution in [0.15, 0.2) is 35.2 Å². The largest absolute Gasteiger partial charge is 0.488 e. The van der Waals surface area contributed by atoms with E-state index in [0.29, 0.717) is 7.14 Å². The Hall–Kier alpha value is -0.790. The molecule has 0 saturated heterocycles. The maximum atomic E-state index is 11.9. The van der Waals surface area contributed by atoms with Crippen molar-refractivity contribution in [2.75, 3.05) is 13.2 Å². The van der Waals surface area contributed by atoms with E-state index in [0.717, 1.165) is 0 Å². The van der Waals surface area contributed by atoms with Crippen LogP contribution >= 0.6 is 67.8 Å². The Labute approximate surface area is 200 Å². The first-order chi connectivity index (χ1) is 13.0. The lowest BCUT2D eigenvalue weighted by Gasteiger charge is -2.14. The fourth-order valence-electron chi connectivity index (χ4n) is 2.00. The minimum Gasteiger partial charge on any atom is -0.488 e. The first-order valence-corrected chi connectivity index (χ1v) is 11.9. The summed E-state index contributed by atoms with van der Waals surface area (Å²) in [6.07, 6.45) is 0. The van der Waals surface area contributed by atoms with Gasteiger partial charge in [-0.1, -0.05) is 0 Å². The van der Waals surface area contributed by atoms with Gasteiger partial charge in [-0.05, 0) is 86.0 Å². The number of benzene rings is 2. The molecule has 2 rings (SSSR count). The SMILES string of the molecule is O=C(OCCOc1c(I)cc(I)c(S(=O)(=O)O)c1I)c1ccc([N+](=O)[O-])cc1. The van der Waals surface area contributed by atoms with E-state index in [-0.39, 0.29) is 38.7 Å². The Balaban J connectivity index is 2.02. The predicted molar refractivity (Wildman–Crippen MR) is 123 cm³/mol. The van der Waals surface area contributed by atoms with Gasteiger partial charge in [0, 0.05) is 15.7 Å². The van der Waals surface area contributed by atoms with Gasteiger partial charge in [0.05, 0.1) is 17.6 Å². The van der Waals surface area contributed by atoms with Crippen molar-refractivity contribution >= 4 is 89.5 Å². The second-order valence-electron chi connectivity index (χ2n) is 5.08. The number of nitrogens with zero attached hydrogens (tertiary/aromatic N) is 1. The summed E-state index contributed by atoms with van der Waals surface area (Å²) in [5.74, 6) is -0.426. The number of ether oxygens (including phenoxy) is 2. The normalized spacial score (nSPS) is 11.1. The lowest BCUT2D eigenvalue weighted by molar-refractivity contribution is -0.384. The molecule has 0 saturated carbocycles. The highest BCUT2D eigenvalue weighted by atomic mass is 127. The van der Waals surface area contributed by atoms with E-state index in [1.807, 2.05) is 22.6 Å². The molecular weight excluding hydrogens is 735 g/mol. The Morgan fingerprint density at radius 1 is 1.11 bits per heavy atom. The van der Waals surface area contributed by atoms with Crippen LogP contribution in [0.1, 0.15) is 10.4 Å². The van der Waals surface area contributed by atoms with E-state index >= 15 is 0 Å². The number of carbonyl (C=O) groups is 1. The Kier molecular flexibility index (Phi) is 8.23. The fraction of sp³-hybridized carbons (Fsp3) is 0.133. The summed E-state index contributed by atoms with van der Waals surface area (Å²) in [7, 11) is -4.42. The third kappa shape index (κ3) is 5.86. The molecule has 150 valence electrons. The van der Waals surface area contributed by atoms with E-state index in [4.69, 9.17) is 9.47 Å². The number of nitro benzene ring substituents is 1. The minimum absolute atomic E-state index is 0.0593. The predicted octanol–water partition coefficient (Wildman–Crippen LogP) is 3.89. The highest BCUT2D eigenvalue weighted by Crippen LogP contribution is 2.35. The van der Waals surface area contributed by atoms with Gasteiger partial charge in [0.1, 0.15) is 23.9 Å². The highest BCUT2D eigenvalue weighted by Gasteiger charge is 2.24. The maximum Gasteiger partial charge on any atom is 0.338 e. The third-order valence-corrected chi connectivity index (χ3v) is 7.57. The number of carbonyl (C=O) groups excluding carboxylic acids is 1. The van der Waals surface area contributed by atoms with E-state index in [1.54, 1.807) is 51.2 Å². The summed E-state index contributed by atoms with van der Waals surface area (Å²) in [6, 6.07) is 6.50. The second kappa shape index (κ2) is 9.81. The van der Waals surface area contributed by atoms with Crippen LogP contribution in [-0.4, -0.2) is 37.1 Å². The zero-order chi connectivity index (χ0) is 21.1. The van der Waals surface area contributed by atoms with Crippen molar-refractivity contribution in [3.8, 4) is 5.75 Å². The number of non-ortho nitro benzene ring substituents is 1. The first-order valence-electron chi connectivity index (χ1n) is 7.21. The molecule has 0 fully saturated rings. The molecule has 9 nitrogen and oxygen atoms in total. The molecular formula is C15H10I3NO8S. The van der Waals surface area contributed by atoms with E-state index in [9.17, 15) is 27.9 Å². The first kappa shape index (κ1) is 23.5. The standard InChI is InChI=1S/C15H10I3NO8S/c16-10-7-11(17)14(28(23,24)25)12(18)13(10)26-5-6-27-15(20)8-1-3-9(4-2-8)19(21)22/h1-4,7H,5-6H2,(H,23,24,25). The number of hydrogen-bond donors (Lipinski definition) is 1. The molecule has 28 heavy (non-hydrogen) atoms. The molecule has 0 aliphatic heterocycles. The van der Waals surface area contributed by atoms with Crippen molar-refractivity contribution < 1.29 is 32.2 Å². The van der Waals surface area contributed by atoms with Crippen molar-refractivity contribution in [1.29, 1.82) is 0 Å². The minimum atomic E-state index is -4.42. The van der Waals surface area contributed by atoms with Crippen LogP contribution in [0.25, 0.3) is 0 Å². The molecule has 0 bridgehead atoms. The number of hydrogen-bond acceptors (Lipinski definition) is 7. The van der Waals surface area contributed by atoms with Crippen LogP contribution in [0.2, 0.25) is 0 Å². The molecule has 2 aromatic rings. The topological polar surface area (TPSA) is 133 Å². The molecule has 0 unspecified atom stereocenters. The molecule has 0 radical (unpaired) electrons. The van der Waals surface area contributed by atoms with Gasteiger partial charge in [-0.3, -0.25) is 14.7 Å². The summed E-state index contributed by atoms with van der Waals surface area (Å²) in [5, 5.41) is 10.6. The van der Waals surface area contributed by atoms with Gasteiger partial charge in [-0.15, -0.1) is 0 Å². The zero-order valence-corrected chi connectivity index (χ0v) is 20.9. The van der Waals surface area contributed by atoms with Crippen LogP contribution in [0.3, 0.4) is 0 Å². The average molecular weight is 745 g/mol. The summed E-state index contributed by atoms with van der Waals surface area (Å²) in [4.78, 5) is 21.7. The average Bonchev–Trinajstić information content (AvgIpc) is 2.59. The summed E-state index contributed by atoms with van der Waals surface area (Å²) in [6.45, 7) is -0.189. The van der Waals surface area contributed by atoms with Crippen molar-refractivity contribution in [2.24, 2.45) is 0 Å². The number of rotatable bonds is 7. The molecule has 0 atom stereocenters. The molecule has 13 heteroatoms. The van der Waals surface area contributed by atoms with Gasteiger partial charge >= 0.3 is 5.97 Å². The summed E-state index contributed by atoms with van der Waals surface area (Å²) < 4.78 is 44.3. The van der Waals surface area contributed by atoms with Crippen molar-refractivity contribution in [3.05, 3.63) is 56.7 Å². The summed E-state index contributed by atoms with van der Waals surface area (Å²) >= 11 is 5.53. The molecule has 1 N–H and O–H groups in total. The molecule has 0 aliphatic carbocycles. The van der Waals surface area contributed by atoms with Crippen LogP contribution in [-0.2, 0) is 14.9 Å². The quantitative estimate of drug-likeness (QED) is 0.113. The Bertz CT molecular complexity index is 1020. The zero-order valence-electron chi connectivity index (χ0n) is 13.6. The van der Waals surface area contributed by atoms with Gasteiger partial charge in [0.25, 0.3) is 15.8 Å². The Morgan fingerprint density at radius 3 is 2.25 bits per heavy atom. The van der Waals surface area contributed by atoms with Gasteiger partial charge < -0.3 is 9.47 Å². The number of nitro groups is 1. The van der Waals surface area contributed by atoms with Crippen LogP contribution in [0.5, 0.6) is 5.75 Å². The molecule has 0 spiro atoms. The smallest absolute Gasteiger partial charge is 0.338 e.